The van der Waals surface area contributed by atoms with Crippen molar-refractivity contribution < 1.29 is 85.6 Å². The number of aromatic nitrogens is 3. The smallest absolute Gasteiger partial charge is 0.258 e. The van der Waals surface area contributed by atoms with E-state index >= 15 is 0 Å². The van der Waals surface area contributed by atoms with E-state index in [1.54, 1.807) is 87.3 Å². The zero-order valence-corrected chi connectivity index (χ0v) is 71.2. The van der Waals surface area contributed by atoms with E-state index in [0.29, 0.717) is 108 Å². The second-order valence-electron chi connectivity index (χ2n) is 29.7. The summed E-state index contributed by atoms with van der Waals surface area (Å²) in [5.74, 6) is -1.92. The minimum Gasteiger partial charge on any atom is -0.505 e. The second kappa shape index (κ2) is 35.4. The van der Waals surface area contributed by atoms with Crippen molar-refractivity contribution in [1.29, 1.82) is 0 Å². The average Bonchev–Trinajstić information content (AvgIpc) is 1.62. The lowest BCUT2D eigenvalue weighted by Gasteiger charge is -2.24. The van der Waals surface area contributed by atoms with E-state index in [2.05, 4.69) is 15.3 Å². The number of hydrogen-bond acceptors (Lipinski definition) is 17. The third-order valence-electron chi connectivity index (χ3n) is 21.3. The molecule has 0 unspecified atom stereocenters. The molecule has 6 heterocycles. The van der Waals surface area contributed by atoms with Crippen molar-refractivity contribution in [1.82, 2.24) is 30.1 Å². The van der Waals surface area contributed by atoms with Crippen molar-refractivity contribution in [3.63, 3.8) is 0 Å². The summed E-state index contributed by atoms with van der Waals surface area (Å²) in [4.78, 5) is 57.3. The number of sulfonamides is 3. The number of nitrogens with one attached hydrogen (secondary N) is 1. The molecule has 0 fully saturated rings. The number of ether oxygens (including phenoxy) is 4. The minimum atomic E-state index is -3.80. The van der Waals surface area contributed by atoms with Crippen LogP contribution in [0.4, 0.5) is 39.0 Å². The van der Waals surface area contributed by atoms with Crippen LogP contribution in [0.15, 0.2) is 195 Å². The number of anilines is 3. The van der Waals surface area contributed by atoms with E-state index in [0.717, 1.165) is 66.3 Å². The number of benzene rings is 10. The van der Waals surface area contributed by atoms with Crippen LogP contribution >= 0.6 is 23.2 Å². The molecule has 0 bridgehead atoms. The molecule has 0 spiro atoms. The molecule has 634 valence electrons. The van der Waals surface area contributed by atoms with Crippen LogP contribution in [-0.4, -0.2) is 127 Å². The number of carbonyl (C=O) groups excluding carboxylic acids is 3. The van der Waals surface area contributed by atoms with E-state index in [-0.39, 0.29) is 119 Å². The Hall–Kier alpha value is -12.7. The number of halogens is 7. The highest BCUT2D eigenvalue weighted by atomic mass is 35.5. The first kappa shape index (κ1) is 86.7. The fourth-order valence-corrected chi connectivity index (χ4v) is 16.9. The quantitative estimate of drug-likeness (QED) is 0.0532. The maximum atomic E-state index is 14.2. The predicted octanol–water partition coefficient (Wildman–Crippen LogP) is 16.1. The van der Waals surface area contributed by atoms with Gasteiger partial charge in [-0.3, -0.25) is 42.3 Å². The Kier molecular flexibility index (Phi) is 25.0. The number of phenols is 1. The van der Waals surface area contributed by atoms with Gasteiger partial charge in [0.1, 0.15) is 70.3 Å². The van der Waals surface area contributed by atoms with Crippen LogP contribution in [0.5, 0.6) is 28.7 Å². The highest BCUT2D eigenvalue weighted by Gasteiger charge is 2.41. The third-order valence-corrected chi connectivity index (χ3v) is 25.4. The first-order valence-corrected chi connectivity index (χ1v) is 44.2. The van der Waals surface area contributed by atoms with E-state index in [4.69, 9.17) is 47.1 Å². The molecule has 0 radical (unpaired) electrons. The molecule has 3 aliphatic heterocycles. The van der Waals surface area contributed by atoms with Gasteiger partial charge in [0.15, 0.2) is 17.2 Å². The van der Waals surface area contributed by atoms with E-state index < -0.39 is 53.5 Å². The van der Waals surface area contributed by atoms with Crippen LogP contribution in [0.2, 0.25) is 10.0 Å². The number of nitrogens with zero attached hydrogens (tertiary/aromatic N) is 8. The second-order valence-corrected chi connectivity index (χ2v) is 36.6. The summed E-state index contributed by atoms with van der Waals surface area (Å²) in [7, 11) is -3.81. The molecule has 3 amide bonds. The monoisotopic (exact) mass is 1770 g/mol. The number of methoxy groups -OCH3 is 2. The Morgan fingerprint density at radius 2 is 0.748 bits per heavy atom. The lowest BCUT2D eigenvalue weighted by molar-refractivity contribution is 0.0756. The highest BCUT2D eigenvalue weighted by molar-refractivity contribution is 7.92. The molecule has 3 aromatic heterocycles. The van der Waals surface area contributed by atoms with Gasteiger partial charge in [-0.1, -0.05) is 96.0 Å². The summed E-state index contributed by atoms with van der Waals surface area (Å²) < 4.78 is 171. The van der Waals surface area contributed by atoms with Crippen molar-refractivity contribution in [2.75, 3.05) is 67.0 Å². The zero-order chi connectivity index (χ0) is 87.8. The molecule has 3 aliphatic rings. The SMILES string of the molecule is CN(c1c2c(c(O)c3ncc(Cc4ccc(F)cc4)cc13)C(=O)N(Cc1ccc(F)c(Cl)c1)C2)S(C)(=O)=O.COc1ccc(COc2c3c(c(N(C)S(C)(=O)=O)c4cc(Cc5ccc(F)cc5)cnc24)CN(Cc2ccc(F)c(Cl)c2)C3=O)cc1.COc1ccc(COc2c3c(c(N(C)S(C)(=O)=O)c4cc(Cc5ccc(F)cc5)cnc24)CNC3=O)cc1. The number of aromatic hydroxyl groups is 1. The number of phenolic OH excluding ortho intramolecular Hbond substituents is 1. The van der Waals surface area contributed by atoms with Crippen LogP contribution in [0, 0.1) is 29.1 Å². The summed E-state index contributed by atoms with van der Waals surface area (Å²) >= 11 is 11.9. The summed E-state index contributed by atoms with van der Waals surface area (Å²) in [5.41, 5.74) is 11.0. The Bertz CT molecular complexity index is 6740. The molecule has 0 saturated heterocycles. The first-order valence-electron chi connectivity index (χ1n) is 37.9. The third kappa shape index (κ3) is 18.7. The molecule has 23 nitrogen and oxygen atoms in total. The highest BCUT2D eigenvalue weighted by Crippen LogP contribution is 2.49. The molecule has 16 rings (SSSR count). The number of hydrogen-bond donors (Lipinski definition) is 2. The summed E-state index contributed by atoms with van der Waals surface area (Å²) in [6, 6.07) is 46.6. The molecular formula is C90H78Cl2F5N9O14S3. The fourth-order valence-electron chi connectivity index (χ4n) is 14.9. The van der Waals surface area contributed by atoms with Gasteiger partial charge in [0.25, 0.3) is 17.7 Å². The van der Waals surface area contributed by atoms with Gasteiger partial charge in [-0.05, 0) is 178 Å². The molecule has 33 heteroatoms. The number of rotatable bonds is 24. The maximum Gasteiger partial charge on any atom is 0.258 e. The van der Waals surface area contributed by atoms with Crippen LogP contribution in [-0.2, 0) is 95.3 Å². The van der Waals surface area contributed by atoms with E-state index in [1.165, 1.54) is 108 Å². The van der Waals surface area contributed by atoms with E-state index in [1.807, 2.05) is 48.5 Å². The maximum absolute atomic E-state index is 14.2. The molecule has 2 N–H and O–H groups in total. The molecule has 13 aromatic rings. The van der Waals surface area contributed by atoms with Gasteiger partial charge >= 0.3 is 0 Å². The zero-order valence-electron chi connectivity index (χ0n) is 67.2. The summed E-state index contributed by atoms with van der Waals surface area (Å²) in [5, 5.41) is 15.1. The van der Waals surface area contributed by atoms with Gasteiger partial charge in [-0.15, -0.1) is 0 Å². The van der Waals surface area contributed by atoms with Crippen LogP contribution in [0.25, 0.3) is 32.7 Å². The largest absolute Gasteiger partial charge is 0.505 e. The average molecular weight is 1770 g/mol. The molecule has 10 aromatic carbocycles. The summed E-state index contributed by atoms with van der Waals surface area (Å²) in [6.07, 6.45) is 9.32. The standard InChI is InChI=1S/C35H30ClF2N3O5S.C28H26FN3O5S.C27H22ClF2N3O4S/c1-40(47(3,43)44)33-27-15-24(14-21-4-9-25(37)10-5-21)17-39-32(27)34(46-20-22-6-11-26(45-2)12-7-22)31-28(33)19-41(35(31)42)18-23-8-13-30(38)29(36)16-23;1-32(38(3,34)35)26-22-13-19(12-17-4-8-20(29)9-5-17)14-30-25(22)27(24-23(26)15-31-28(24)33)37-16-18-6-10-21(36-2)11-7-18;1-32(38(2,36)37)25-19-10-17(9-15-3-6-18(29)7-4-15)12-31-24(19)26(34)23-20(25)14-33(27(23)35)13-16-5-8-22(30)21(28)11-16/h4-13,15-17H,14,18-20H2,1-3H3;4-11,13-14H,12,15-16H2,1-3H3,(H,31,33);3-8,10-12,34H,9,13-14H2,1-2H3. The van der Waals surface area contributed by atoms with Crippen molar-refractivity contribution >= 4 is 121 Å². The number of amides is 3. The van der Waals surface area contributed by atoms with Crippen LogP contribution < -0.4 is 37.2 Å². The van der Waals surface area contributed by atoms with Crippen molar-refractivity contribution in [3.8, 4) is 28.7 Å². The lowest BCUT2D eigenvalue weighted by Crippen LogP contribution is -2.27. The fraction of sp³-hybridized carbons (Fsp3) is 0.200. The van der Waals surface area contributed by atoms with Gasteiger partial charge in [0, 0.05) is 105 Å². The Morgan fingerprint density at radius 1 is 0.423 bits per heavy atom. The Labute approximate surface area is 715 Å². The normalized spacial score (nSPS) is 13.0. The van der Waals surface area contributed by atoms with Crippen molar-refractivity contribution in [2.24, 2.45) is 0 Å². The molecule has 0 atom stereocenters. The Balaban J connectivity index is 0.000000152. The van der Waals surface area contributed by atoms with Crippen molar-refractivity contribution in [3.05, 3.63) is 323 Å². The van der Waals surface area contributed by atoms with Gasteiger partial charge in [0.2, 0.25) is 30.1 Å². The van der Waals surface area contributed by atoms with Gasteiger partial charge < -0.3 is 39.2 Å². The minimum absolute atomic E-state index is 0.00401. The van der Waals surface area contributed by atoms with Gasteiger partial charge in [-0.25, -0.2) is 47.2 Å². The van der Waals surface area contributed by atoms with Crippen LogP contribution in [0.1, 0.15) is 103 Å². The molecular weight excluding hydrogens is 1690 g/mol. The van der Waals surface area contributed by atoms with Gasteiger partial charge in [0.05, 0.1) is 76.8 Å². The molecule has 0 aliphatic carbocycles. The Morgan fingerprint density at radius 3 is 1.11 bits per heavy atom. The number of pyridine rings is 3. The molecule has 123 heavy (non-hydrogen) atoms. The summed E-state index contributed by atoms with van der Waals surface area (Å²) in [6.45, 7) is 0.618. The van der Waals surface area contributed by atoms with E-state index in [9.17, 15) is 66.7 Å². The topological polar surface area (TPSA) is 278 Å². The number of carbonyl (C=O) groups is 3. The predicted molar refractivity (Wildman–Crippen MR) is 460 cm³/mol. The van der Waals surface area contributed by atoms with Crippen molar-refractivity contribution in [2.45, 2.75) is 65.2 Å². The molecule has 0 saturated carbocycles. The first-order chi connectivity index (χ1) is 58.5. The van der Waals surface area contributed by atoms with Crippen LogP contribution in [0.3, 0.4) is 0 Å². The lowest BCUT2D eigenvalue weighted by atomic mass is 9.98. The van der Waals surface area contributed by atoms with Gasteiger partial charge in [-0.2, -0.15) is 0 Å². The number of fused-ring (bicyclic) bond motifs is 6.